The zero-order chi connectivity index (χ0) is 13.7. The fraction of sp³-hybridized carbons (Fsp3) is 0.800. The second kappa shape index (κ2) is 5.88. The zero-order valence-corrected chi connectivity index (χ0v) is 9.73. The minimum absolute atomic E-state index is 0.0298. The Bertz CT molecular complexity index is 283. The van der Waals surface area contributed by atoms with Crippen molar-refractivity contribution in [2.45, 2.75) is 51.2 Å². The van der Waals surface area contributed by atoms with Gasteiger partial charge in [-0.2, -0.15) is 13.2 Å². The van der Waals surface area contributed by atoms with Crippen molar-refractivity contribution in [2.75, 3.05) is 0 Å². The number of carbonyl (C=O) groups excluding carboxylic acids is 1. The third kappa shape index (κ3) is 4.24. The molecule has 0 aliphatic carbocycles. The van der Waals surface area contributed by atoms with Gasteiger partial charge in [-0.05, 0) is 12.8 Å². The Hall–Kier alpha value is -1.27. The van der Waals surface area contributed by atoms with Gasteiger partial charge in [0.05, 0.1) is 0 Å². The highest BCUT2D eigenvalue weighted by atomic mass is 19.4. The molecule has 100 valence electrons. The van der Waals surface area contributed by atoms with Crippen molar-refractivity contribution < 1.29 is 27.9 Å². The highest BCUT2D eigenvalue weighted by Crippen LogP contribution is 2.23. The summed E-state index contributed by atoms with van der Waals surface area (Å²) < 4.78 is 36.4. The van der Waals surface area contributed by atoms with Gasteiger partial charge in [-0.15, -0.1) is 0 Å². The van der Waals surface area contributed by atoms with E-state index in [0.29, 0.717) is 12.8 Å². The van der Waals surface area contributed by atoms with E-state index < -0.39 is 23.6 Å². The number of hydrogen-bond acceptors (Lipinski definition) is 2. The highest BCUT2D eigenvalue weighted by molar-refractivity contribution is 5.89. The Morgan fingerprint density at radius 2 is 1.53 bits per heavy atom. The van der Waals surface area contributed by atoms with Crippen LogP contribution >= 0.6 is 0 Å². The van der Waals surface area contributed by atoms with Crippen molar-refractivity contribution in [1.82, 2.24) is 5.32 Å². The molecular weight excluding hydrogens is 239 g/mol. The van der Waals surface area contributed by atoms with Crippen LogP contribution in [-0.4, -0.2) is 28.7 Å². The molecule has 0 rings (SSSR count). The van der Waals surface area contributed by atoms with E-state index in [9.17, 15) is 22.8 Å². The summed E-state index contributed by atoms with van der Waals surface area (Å²) in [6.07, 6.45) is -4.40. The smallest absolute Gasteiger partial charge is 0.471 e. The average Bonchev–Trinajstić information content (AvgIpc) is 2.16. The predicted molar refractivity (Wildman–Crippen MR) is 54.4 cm³/mol. The molecule has 0 saturated carbocycles. The molecule has 2 N–H and O–H groups in total. The molecule has 0 spiro atoms. The van der Waals surface area contributed by atoms with Gasteiger partial charge in [-0.1, -0.05) is 26.7 Å². The van der Waals surface area contributed by atoms with Gasteiger partial charge in [0, 0.05) is 0 Å². The van der Waals surface area contributed by atoms with Crippen LogP contribution in [0.2, 0.25) is 0 Å². The third-order valence-electron chi connectivity index (χ3n) is 2.37. The second-order valence-corrected chi connectivity index (χ2v) is 3.84. The van der Waals surface area contributed by atoms with Crippen molar-refractivity contribution in [2.24, 2.45) is 0 Å². The van der Waals surface area contributed by atoms with Crippen molar-refractivity contribution in [3.05, 3.63) is 0 Å². The van der Waals surface area contributed by atoms with Crippen LogP contribution < -0.4 is 5.32 Å². The van der Waals surface area contributed by atoms with Gasteiger partial charge in [-0.25, -0.2) is 4.79 Å². The van der Waals surface area contributed by atoms with Crippen LogP contribution in [0.4, 0.5) is 13.2 Å². The molecule has 0 fully saturated rings. The van der Waals surface area contributed by atoms with Gasteiger partial charge < -0.3 is 10.4 Å². The maximum Gasteiger partial charge on any atom is 0.471 e. The third-order valence-corrected chi connectivity index (χ3v) is 2.37. The van der Waals surface area contributed by atoms with E-state index >= 15 is 0 Å². The van der Waals surface area contributed by atoms with E-state index in [1.54, 1.807) is 19.2 Å². The number of alkyl halides is 3. The molecule has 0 aliphatic heterocycles. The molecule has 7 heteroatoms. The Labute approximate surface area is 97.2 Å². The SMILES string of the molecule is CCCC(CCC)(NC(=O)C(F)(F)F)C(=O)O. The second-order valence-electron chi connectivity index (χ2n) is 3.84. The lowest BCUT2D eigenvalue weighted by Gasteiger charge is -2.30. The van der Waals surface area contributed by atoms with E-state index in [1.807, 2.05) is 0 Å². The normalized spacial score (nSPS) is 12.3. The number of rotatable bonds is 6. The quantitative estimate of drug-likeness (QED) is 0.763. The summed E-state index contributed by atoms with van der Waals surface area (Å²) >= 11 is 0. The molecule has 4 nitrogen and oxygen atoms in total. The topological polar surface area (TPSA) is 66.4 Å². The van der Waals surface area contributed by atoms with E-state index in [4.69, 9.17) is 5.11 Å². The molecule has 17 heavy (non-hydrogen) atoms. The molecule has 0 heterocycles. The van der Waals surface area contributed by atoms with E-state index in [1.165, 1.54) is 0 Å². The number of aliphatic carboxylic acids is 1. The number of nitrogens with one attached hydrogen (secondary N) is 1. The molecule has 0 radical (unpaired) electrons. The maximum atomic E-state index is 12.1. The van der Waals surface area contributed by atoms with E-state index in [2.05, 4.69) is 0 Å². The first-order valence-corrected chi connectivity index (χ1v) is 5.32. The monoisotopic (exact) mass is 255 g/mol. The van der Waals surface area contributed by atoms with Gasteiger partial charge in [0.25, 0.3) is 0 Å². The van der Waals surface area contributed by atoms with Gasteiger partial charge in [0.15, 0.2) is 0 Å². The first-order valence-electron chi connectivity index (χ1n) is 5.32. The minimum Gasteiger partial charge on any atom is -0.480 e. The average molecular weight is 255 g/mol. The van der Waals surface area contributed by atoms with Crippen LogP contribution in [0.15, 0.2) is 0 Å². The molecule has 1 amide bonds. The van der Waals surface area contributed by atoms with Crippen LogP contribution in [-0.2, 0) is 9.59 Å². The highest BCUT2D eigenvalue weighted by Gasteiger charge is 2.46. The molecule has 0 aromatic rings. The van der Waals surface area contributed by atoms with Crippen LogP contribution in [0.25, 0.3) is 0 Å². The van der Waals surface area contributed by atoms with E-state index in [0.717, 1.165) is 0 Å². The van der Waals surface area contributed by atoms with Crippen molar-refractivity contribution in [3.8, 4) is 0 Å². The van der Waals surface area contributed by atoms with Crippen molar-refractivity contribution in [3.63, 3.8) is 0 Å². The summed E-state index contributed by atoms with van der Waals surface area (Å²) in [6.45, 7) is 3.29. The van der Waals surface area contributed by atoms with Crippen molar-refractivity contribution in [1.29, 1.82) is 0 Å². The molecule has 0 bridgehead atoms. The zero-order valence-electron chi connectivity index (χ0n) is 9.73. The lowest BCUT2D eigenvalue weighted by molar-refractivity contribution is -0.178. The number of carboxylic acids is 1. The van der Waals surface area contributed by atoms with Crippen LogP contribution in [0, 0.1) is 0 Å². The van der Waals surface area contributed by atoms with Gasteiger partial charge >= 0.3 is 18.1 Å². The van der Waals surface area contributed by atoms with Gasteiger partial charge in [-0.3, -0.25) is 4.79 Å². The number of carboxylic acid groups (broad SMARTS) is 1. The molecular formula is C10H16F3NO3. The fourth-order valence-electron chi connectivity index (χ4n) is 1.66. The summed E-state index contributed by atoms with van der Waals surface area (Å²) in [5, 5.41) is 10.6. The number of hydrogen-bond donors (Lipinski definition) is 2. The van der Waals surface area contributed by atoms with Gasteiger partial charge in [0.2, 0.25) is 0 Å². The Morgan fingerprint density at radius 3 is 1.76 bits per heavy atom. The van der Waals surface area contributed by atoms with Gasteiger partial charge in [0.1, 0.15) is 5.54 Å². The molecule has 0 aliphatic rings. The summed E-state index contributed by atoms with van der Waals surface area (Å²) in [5.41, 5.74) is -1.82. The van der Waals surface area contributed by atoms with Crippen LogP contribution in [0.1, 0.15) is 39.5 Å². The lowest BCUT2D eigenvalue weighted by atomic mass is 9.88. The first kappa shape index (κ1) is 15.7. The fourth-order valence-corrected chi connectivity index (χ4v) is 1.66. The standard InChI is InChI=1S/C10H16F3NO3/c1-3-5-9(6-4-2,8(16)17)14-7(15)10(11,12)13/h3-6H2,1-2H3,(H,14,15)(H,16,17). The Morgan fingerprint density at radius 1 is 1.12 bits per heavy atom. The minimum atomic E-state index is -5.07. The number of halogens is 3. The summed E-state index contributed by atoms with van der Waals surface area (Å²) in [5.74, 6) is -3.64. The number of carbonyl (C=O) groups is 2. The largest absolute Gasteiger partial charge is 0.480 e. The molecule has 0 aromatic heterocycles. The molecule has 0 atom stereocenters. The summed E-state index contributed by atoms with van der Waals surface area (Å²) in [7, 11) is 0. The molecule has 0 unspecified atom stereocenters. The maximum absolute atomic E-state index is 12.1. The predicted octanol–water partition coefficient (Wildman–Crippen LogP) is 2.09. The lowest BCUT2D eigenvalue weighted by Crippen LogP contribution is -2.57. The van der Waals surface area contributed by atoms with E-state index in [-0.39, 0.29) is 12.8 Å². The molecule has 0 saturated heterocycles. The van der Waals surface area contributed by atoms with Crippen LogP contribution in [0.3, 0.4) is 0 Å². The first-order chi connectivity index (χ1) is 7.69. The summed E-state index contributed by atoms with van der Waals surface area (Å²) in [6, 6.07) is 0. The van der Waals surface area contributed by atoms with Crippen molar-refractivity contribution >= 4 is 11.9 Å². The Balaban J connectivity index is 5.03. The van der Waals surface area contributed by atoms with Crippen LogP contribution in [0.5, 0.6) is 0 Å². The number of amides is 1. The Kier molecular flexibility index (Phi) is 5.44. The summed E-state index contributed by atoms with van der Waals surface area (Å²) in [4.78, 5) is 21.9. The molecule has 0 aromatic carbocycles.